The molecule has 0 radical (unpaired) electrons. The number of benzene rings is 3. The van der Waals surface area contributed by atoms with E-state index < -0.39 is 31.4 Å². The predicted octanol–water partition coefficient (Wildman–Crippen LogP) is 8.15. The number of nitro benzene ring substituents is 1. The molecule has 0 spiro atoms. The highest BCUT2D eigenvalue weighted by atomic mass is 32.2. The van der Waals surface area contributed by atoms with Gasteiger partial charge in [0.2, 0.25) is 0 Å². The van der Waals surface area contributed by atoms with Crippen LogP contribution in [0.3, 0.4) is 0 Å². The van der Waals surface area contributed by atoms with Crippen LogP contribution in [-0.2, 0) is 14.8 Å². The lowest BCUT2D eigenvalue weighted by atomic mass is 9.93. The van der Waals surface area contributed by atoms with Gasteiger partial charge < -0.3 is 24.7 Å². The molecule has 3 saturated heterocycles. The number of nitrogens with one attached hydrogen (secondary N) is 3. The lowest BCUT2D eigenvalue weighted by Crippen LogP contribution is -2.41. The summed E-state index contributed by atoms with van der Waals surface area (Å²) < 4.78 is 41.3. The maximum Gasteiger partial charge on any atom is 0.293 e. The fraction of sp³-hybridized carbons (Fsp3) is 0.422. The minimum absolute atomic E-state index is 0.0106. The van der Waals surface area contributed by atoms with Gasteiger partial charge in [0, 0.05) is 74.8 Å². The van der Waals surface area contributed by atoms with Crippen molar-refractivity contribution in [2.45, 2.75) is 68.2 Å². The zero-order valence-electron chi connectivity index (χ0n) is 33.6. The molecular formula is C45H51N7O7S. The Morgan fingerprint density at radius 1 is 0.933 bits per heavy atom. The van der Waals surface area contributed by atoms with Crippen LogP contribution in [0.4, 0.5) is 17.1 Å². The third-order valence-electron chi connectivity index (χ3n) is 12.6. The number of likely N-dealkylation sites (tertiary alicyclic amines) is 1. The molecule has 2 atom stereocenters. The number of pyridine rings is 1. The van der Waals surface area contributed by atoms with Crippen molar-refractivity contribution in [2.24, 2.45) is 11.8 Å². The quantitative estimate of drug-likeness (QED) is 0.0728. The van der Waals surface area contributed by atoms with Gasteiger partial charge in [0.25, 0.3) is 21.6 Å². The molecule has 1 amide bonds. The van der Waals surface area contributed by atoms with E-state index in [1.165, 1.54) is 48.9 Å². The number of hydrogen-bond donors (Lipinski definition) is 3. The monoisotopic (exact) mass is 833 g/mol. The van der Waals surface area contributed by atoms with Crippen LogP contribution in [-0.4, -0.2) is 80.1 Å². The molecule has 5 aromatic rings. The Morgan fingerprint density at radius 3 is 2.57 bits per heavy atom. The second-order valence-corrected chi connectivity index (χ2v) is 18.4. The third-order valence-corrected chi connectivity index (χ3v) is 13.9. The number of carbonyl (C=O) groups is 1. The SMILES string of the molecule is O=C(NS(=O)(=O)c1ccc(NCC2CCOCC2)c([N+](=O)[O-])c1)c1ccc(N2CCC[C@@H](CN3CCC[C@H]3c3ccccc3C3CC3)C2)cc1Oc1cnc2[nH]ccc2c1. The molecule has 4 fully saturated rings. The van der Waals surface area contributed by atoms with Crippen molar-refractivity contribution in [3.8, 4) is 11.5 Å². The lowest BCUT2D eigenvalue weighted by molar-refractivity contribution is -0.384. The number of aromatic nitrogens is 2. The minimum atomic E-state index is -4.54. The lowest BCUT2D eigenvalue weighted by Gasteiger charge is -2.38. The molecule has 1 saturated carbocycles. The van der Waals surface area contributed by atoms with Gasteiger partial charge in [-0.1, -0.05) is 24.3 Å². The molecule has 5 heterocycles. The van der Waals surface area contributed by atoms with Gasteiger partial charge in [-0.2, -0.15) is 0 Å². The average molecular weight is 834 g/mol. The number of amides is 1. The summed E-state index contributed by atoms with van der Waals surface area (Å²) in [5, 5.41) is 16.0. The van der Waals surface area contributed by atoms with Crippen molar-refractivity contribution in [2.75, 3.05) is 56.2 Å². The number of ether oxygens (including phenoxy) is 2. The molecule has 1 aliphatic carbocycles. The smallest absolute Gasteiger partial charge is 0.293 e. The van der Waals surface area contributed by atoms with Gasteiger partial charge in [0.05, 0.1) is 21.6 Å². The maximum atomic E-state index is 14.0. The van der Waals surface area contributed by atoms with Crippen LogP contribution in [0.25, 0.3) is 11.0 Å². The van der Waals surface area contributed by atoms with E-state index >= 15 is 0 Å². The number of anilines is 2. The summed E-state index contributed by atoms with van der Waals surface area (Å²) in [6, 6.07) is 21.9. The number of hydrogen-bond acceptors (Lipinski definition) is 11. The third kappa shape index (κ3) is 8.84. The highest BCUT2D eigenvalue weighted by Gasteiger charge is 2.35. The van der Waals surface area contributed by atoms with Gasteiger partial charge in [0.15, 0.2) is 0 Å². The van der Waals surface area contributed by atoms with Gasteiger partial charge >= 0.3 is 0 Å². The minimum Gasteiger partial charge on any atom is -0.455 e. The number of nitrogens with zero attached hydrogens (tertiary/aromatic N) is 4. The van der Waals surface area contributed by atoms with Crippen molar-refractivity contribution in [3.63, 3.8) is 0 Å². The molecule has 3 aliphatic heterocycles. The van der Waals surface area contributed by atoms with Crippen LogP contribution in [0.2, 0.25) is 0 Å². The first-order valence-corrected chi connectivity index (χ1v) is 22.7. The Hall–Kier alpha value is -5.51. The number of aromatic amines is 1. The van der Waals surface area contributed by atoms with Gasteiger partial charge in [-0.25, -0.2) is 18.1 Å². The second-order valence-electron chi connectivity index (χ2n) is 16.7. The van der Waals surface area contributed by atoms with Crippen molar-refractivity contribution in [3.05, 3.63) is 112 Å². The fourth-order valence-corrected chi connectivity index (χ4v) is 10.2. The predicted molar refractivity (Wildman–Crippen MR) is 229 cm³/mol. The molecule has 15 heteroatoms. The van der Waals surface area contributed by atoms with Crippen LogP contribution in [0.1, 0.15) is 84.8 Å². The standard InChI is InChI=1S/C45H51N7O7S/c53-45(49-60(56,57)36-12-14-40(42(25-36)52(54)55)47-26-30-16-21-58-22-17-30)39-13-11-34(24-43(39)59-35-23-33-15-18-46-44(33)48-27-35)50-19-3-5-31(28-50)29-51-20-4-8-41(51)38-7-2-1-6-37(38)32-9-10-32/h1-2,6-7,11-15,18,23-25,27,30-32,41,47H,3-5,8-10,16-17,19-22,26,28-29H2,(H,46,48)(H,49,53)/t31-,41+/m1/s1. The van der Waals surface area contributed by atoms with E-state index in [0.29, 0.717) is 49.0 Å². The van der Waals surface area contributed by atoms with Crippen LogP contribution < -0.4 is 19.7 Å². The summed E-state index contributed by atoms with van der Waals surface area (Å²) in [5.41, 5.74) is 4.36. The zero-order chi connectivity index (χ0) is 41.2. The molecule has 4 aliphatic rings. The van der Waals surface area contributed by atoms with E-state index in [1.807, 2.05) is 12.1 Å². The first-order chi connectivity index (χ1) is 29.2. The Labute approximate surface area is 349 Å². The Kier molecular flexibility index (Phi) is 11.5. The van der Waals surface area contributed by atoms with Gasteiger partial charge in [0.1, 0.15) is 22.8 Å². The number of sulfonamides is 1. The number of piperidine rings is 1. The Balaban J connectivity index is 0.942. The van der Waals surface area contributed by atoms with E-state index in [-0.39, 0.29) is 22.9 Å². The van der Waals surface area contributed by atoms with Crippen molar-refractivity contribution in [1.82, 2.24) is 19.6 Å². The largest absolute Gasteiger partial charge is 0.455 e. The first-order valence-electron chi connectivity index (χ1n) is 21.2. The molecule has 14 nitrogen and oxygen atoms in total. The van der Waals surface area contributed by atoms with Crippen molar-refractivity contribution in [1.29, 1.82) is 0 Å². The highest BCUT2D eigenvalue weighted by molar-refractivity contribution is 7.90. The van der Waals surface area contributed by atoms with E-state index in [4.69, 9.17) is 9.47 Å². The molecular weight excluding hydrogens is 783 g/mol. The summed E-state index contributed by atoms with van der Waals surface area (Å²) in [6.45, 7) is 5.53. The molecule has 9 rings (SSSR count). The molecule has 60 heavy (non-hydrogen) atoms. The van der Waals surface area contributed by atoms with Gasteiger partial charge in [-0.3, -0.25) is 19.8 Å². The zero-order valence-corrected chi connectivity index (χ0v) is 34.4. The van der Waals surface area contributed by atoms with Crippen LogP contribution in [0, 0.1) is 22.0 Å². The average Bonchev–Trinajstić information content (AvgIpc) is 3.83. The summed E-state index contributed by atoms with van der Waals surface area (Å²) in [5.74, 6) is 1.03. The topological polar surface area (TPSA) is 172 Å². The number of H-pyrrole nitrogens is 1. The Morgan fingerprint density at radius 2 is 1.75 bits per heavy atom. The van der Waals surface area contributed by atoms with Crippen molar-refractivity contribution < 1.29 is 27.6 Å². The number of fused-ring (bicyclic) bond motifs is 1. The highest BCUT2D eigenvalue weighted by Crippen LogP contribution is 2.46. The maximum absolute atomic E-state index is 14.0. The molecule has 0 unspecified atom stereocenters. The summed E-state index contributed by atoms with van der Waals surface area (Å²) in [7, 11) is -4.54. The first kappa shape index (κ1) is 39.9. The van der Waals surface area contributed by atoms with Crippen molar-refractivity contribution >= 4 is 44.0 Å². The molecule has 3 N–H and O–H groups in total. The number of rotatable bonds is 14. The van der Waals surface area contributed by atoms with E-state index in [9.17, 15) is 23.3 Å². The van der Waals surface area contributed by atoms with Gasteiger partial charge in [-0.05, 0) is 123 Å². The fourth-order valence-electron chi connectivity index (χ4n) is 9.26. The Bertz CT molecular complexity index is 2480. The number of nitro groups is 1. The normalized spacial score (nSPS) is 20.3. The number of carbonyl (C=O) groups excluding carboxylic acids is 1. The molecule has 3 aromatic carbocycles. The molecule has 2 aromatic heterocycles. The molecule has 0 bridgehead atoms. The second kappa shape index (κ2) is 17.2. The summed E-state index contributed by atoms with van der Waals surface area (Å²) in [6.07, 6.45) is 12.1. The molecule has 314 valence electrons. The summed E-state index contributed by atoms with van der Waals surface area (Å²) >= 11 is 0. The van der Waals surface area contributed by atoms with E-state index in [2.05, 4.69) is 54.1 Å². The van der Waals surface area contributed by atoms with Crippen LogP contribution in [0.15, 0.2) is 90.1 Å². The van der Waals surface area contributed by atoms with Gasteiger partial charge in [-0.15, -0.1) is 0 Å². The summed E-state index contributed by atoms with van der Waals surface area (Å²) in [4.78, 5) is 37.5. The van der Waals surface area contributed by atoms with Crippen LogP contribution in [0.5, 0.6) is 11.5 Å². The van der Waals surface area contributed by atoms with Crippen LogP contribution >= 0.6 is 0 Å². The van der Waals surface area contributed by atoms with E-state index in [0.717, 1.165) is 69.0 Å². The van der Waals surface area contributed by atoms with E-state index in [1.54, 1.807) is 30.6 Å².